The van der Waals surface area contributed by atoms with Crippen LogP contribution in [0.5, 0.6) is 5.75 Å². The molecule has 0 aliphatic carbocycles. The van der Waals surface area contributed by atoms with Crippen molar-refractivity contribution in [3.8, 4) is 5.75 Å². The van der Waals surface area contributed by atoms with Crippen LogP contribution in [0.3, 0.4) is 0 Å². The SMILES string of the molecule is CC(C)(C)c1cc(/C=N/NC(=O)c2ccccc2N)cc(C(C)(C)C)c1O. The van der Waals surface area contributed by atoms with Gasteiger partial charge in [-0.05, 0) is 40.7 Å². The largest absolute Gasteiger partial charge is 0.507 e. The number of anilines is 1. The van der Waals surface area contributed by atoms with Crippen LogP contribution in [0.25, 0.3) is 0 Å². The Hall–Kier alpha value is -2.82. The quantitative estimate of drug-likeness (QED) is 0.428. The molecule has 0 heterocycles. The van der Waals surface area contributed by atoms with Crippen molar-refractivity contribution in [2.45, 2.75) is 52.4 Å². The van der Waals surface area contributed by atoms with Gasteiger partial charge in [0.05, 0.1) is 11.8 Å². The number of para-hydroxylation sites is 1. The van der Waals surface area contributed by atoms with Gasteiger partial charge in [-0.3, -0.25) is 4.79 Å². The minimum atomic E-state index is -0.366. The Bertz CT molecular complexity index is 837. The van der Waals surface area contributed by atoms with Gasteiger partial charge in [0.1, 0.15) is 5.75 Å². The average Bonchev–Trinajstić information content (AvgIpc) is 2.54. The molecule has 0 spiro atoms. The highest BCUT2D eigenvalue weighted by Crippen LogP contribution is 2.39. The predicted octanol–water partition coefficient (Wildman–Crippen LogP) is 4.33. The van der Waals surface area contributed by atoms with Gasteiger partial charge >= 0.3 is 0 Å². The van der Waals surface area contributed by atoms with Gasteiger partial charge in [0.2, 0.25) is 0 Å². The lowest BCUT2D eigenvalue weighted by Crippen LogP contribution is -2.20. The van der Waals surface area contributed by atoms with Crippen LogP contribution < -0.4 is 11.2 Å². The number of nitrogens with one attached hydrogen (secondary N) is 1. The summed E-state index contributed by atoms with van der Waals surface area (Å²) in [6, 6.07) is 10.6. The molecule has 2 aromatic carbocycles. The molecule has 0 fully saturated rings. The smallest absolute Gasteiger partial charge is 0.273 e. The molecular formula is C22H29N3O2. The zero-order valence-electron chi connectivity index (χ0n) is 16.9. The van der Waals surface area contributed by atoms with E-state index in [9.17, 15) is 9.90 Å². The molecule has 0 aromatic heterocycles. The molecular weight excluding hydrogens is 338 g/mol. The summed E-state index contributed by atoms with van der Waals surface area (Å²) in [6.07, 6.45) is 1.58. The molecule has 0 unspecified atom stereocenters. The Morgan fingerprint density at radius 1 is 1.04 bits per heavy atom. The van der Waals surface area contributed by atoms with Gasteiger partial charge in [-0.1, -0.05) is 53.7 Å². The van der Waals surface area contributed by atoms with Crippen molar-refractivity contribution in [1.82, 2.24) is 5.43 Å². The van der Waals surface area contributed by atoms with E-state index in [1.165, 1.54) is 0 Å². The fraction of sp³-hybridized carbons (Fsp3) is 0.364. The molecule has 0 saturated heterocycles. The molecule has 27 heavy (non-hydrogen) atoms. The number of carbonyl (C=O) groups excluding carboxylic acids is 1. The molecule has 1 amide bonds. The number of carbonyl (C=O) groups is 1. The fourth-order valence-corrected chi connectivity index (χ4v) is 2.80. The maximum atomic E-state index is 12.2. The summed E-state index contributed by atoms with van der Waals surface area (Å²) in [5, 5.41) is 14.8. The molecule has 0 aliphatic heterocycles. The Morgan fingerprint density at radius 3 is 2.04 bits per heavy atom. The third-order valence-corrected chi connectivity index (χ3v) is 4.33. The minimum Gasteiger partial charge on any atom is -0.507 e. The number of benzene rings is 2. The van der Waals surface area contributed by atoms with Crippen LogP contribution in [0, 0.1) is 0 Å². The molecule has 0 aliphatic rings. The Morgan fingerprint density at radius 2 is 1.56 bits per heavy atom. The summed E-state index contributed by atoms with van der Waals surface area (Å²) >= 11 is 0. The highest BCUT2D eigenvalue weighted by atomic mass is 16.3. The molecule has 0 atom stereocenters. The predicted molar refractivity (Wildman–Crippen MR) is 111 cm³/mol. The molecule has 0 saturated carbocycles. The molecule has 0 bridgehead atoms. The summed E-state index contributed by atoms with van der Waals surface area (Å²) in [5.74, 6) is -0.0523. The van der Waals surface area contributed by atoms with E-state index in [-0.39, 0.29) is 16.7 Å². The third kappa shape index (κ3) is 4.88. The van der Waals surface area contributed by atoms with E-state index >= 15 is 0 Å². The van der Waals surface area contributed by atoms with Gasteiger partial charge in [-0.25, -0.2) is 5.43 Å². The van der Waals surface area contributed by atoms with Gasteiger partial charge in [-0.2, -0.15) is 5.10 Å². The Kier molecular flexibility index (Phi) is 5.64. The highest BCUT2D eigenvalue weighted by Gasteiger charge is 2.26. The third-order valence-electron chi connectivity index (χ3n) is 4.33. The first-order valence-electron chi connectivity index (χ1n) is 8.97. The number of rotatable bonds is 3. The lowest BCUT2D eigenvalue weighted by Gasteiger charge is -2.27. The van der Waals surface area contributed by atoms with Gasteiger partial charge in [0.25, 0.3) is 5.91 Å². The molecule has 0 radical (unpaired) electrons. The summed E-state index contributed by atoms with van der Waals surface area (Å²) in [5.41, 5.74) is 11.1. The van der Waals surface area contributed by atoms with E-state index in [4.69, 9.17) is 5.73 Å². The Labute approximate surface area is 161 Å². The van der Waals surface area contributed by atoms with Crippen LogP contribution in [-0.4, -0.2) is 17.2 Å². The number of hydrogen-bond donors (Lipinski definition) is 3. The van der Waals surface area contributed by atoms with E-state index in [2.05, 4.69) is 52.1 Å². The van der Waals surface area contributed by atoms with Crippen molar-refractivity contribution >= 4 is 17.8 Å². The number of nitrogens with zero attached hydrogens (tertiary/aromatic N) is 1. The number of aromatic hydroxyl groups is 1. The zero-order chi connectivity index (χ0) is 20.4. The summed E-state index contributed by atoms with van der Waals surface area (Å²) < 4.78 is 0. The van der Waals surface area contributed by atoms with E-state index in [0.717, 1.165) is 16.7 Å². The van der Waals surface area contributed by atoms with Gasteiger partial charge in [0.15, 0.2) is 0 Å². The molecule has 5 heteroatoms. The standard InChI is InChI=1S/C22H29N3O2/c1-21(2,3)16-11-14(12-17(19(16)26)22(4,5)6)13-24-25-20(27)15-9-7-8-10-18(15)23/h7-13,26H,23H2,1-6H3,(H,25,27)/b24-13+. The summed E-state index contributed by atoms with van der Waals surface area (Å²) in [7, 11) is 0. The minimum absolute atomic E-state index is 0.227. The first-order chi connectivity index (χ1) is 12.4. The number of nitrogen functional groups attached to an aromatic ring is 1. The van der Waals surface area contributed by atoms with Crippen molar-refractivity contribution < 1.29 is 9.90 Å². The number of hydrogen-bond acceptors (Lipinski definition) is 4. The van der Waals surface area contributed by atoms with E-state index in [1.54, 1.807) is 30.5 Å². The van der Waals surface area contributed by atoms with E-state index in [0.29, 0.717) is 17.0 Å². The van der Waals surface area contributed by atoms with E-state index in [1.807, 2.05) is 12.1 Å². The van der Waals surface area contributed by atoms with Crippen molar-refractivity contribution in [1.29, 1.82) is 0 Å². The zero-order valence-corrected chi connectivity index (χ0v) is 16.9. The Balaban J connectivity index is 2.34. The molecule has 2 rings (SSSR count). The maximum Gasteiger partial charge on any atom is 0.273 e. The molecule has 2 aromatic rings. The van der Waals surface area contributed by atoms with E-state index < -0.39 is 0 Å². The number of phenolic OH excluding ortho intramolecular Hbond substituents is 1. The van der Waals surface area contributed by atoms with Crippen LogP contribution in [0.2, 0.25) is 0 Å². The second-order valence-electron chi connectivity index (χ2n) is 8.75. The molecule has 144 valence electrons. The normalized spacial score (nSPS) is 12.4. The number of amides is 1. The number of phenols is 1. The molecule has 5 nitrogen and oxygen atoms in total. The lowest BCUT2D eigenvalue weighted by molar-refractivity contribution is 0.0956. The summed E-state index contributed by atoms with van der Waals surface area (Å²) in [4.78, 5) is 12.2. The van der Waals surface area contributed by atoms with Crippen LogP contribution in [0.4, 0.5) is 5.69 Å². The van der Waals surface area contributed by atoms with Crippen molar-refractivity contribution in [3.63, 3.8) is 0 Å². The van der Waals surface area contributed by atoms with Crippen LogP contribution >= 0.6 is 0 Å². The topological polar surface area (TPSA) is 87.7 Å². The lowest BCUT2D eigenvalue weighted by atomic mass is 9.78. The van der Waals surface area contributed by atoms with Gasteiger partial charge in [-0.15, -0.1) is 0 Å². The first-order valence-corrected chi connectivity index (χ1v) is 8.97. The van der Waals surface area contributed by atoms with Crippen LogP contribution in [0.1, 0.15) is 68.6 Å². The van der Waals surface area contributed by atoms with Gasteiger partial charge < -0.3 is 10.8 Å². The van der Waals surface area contributed by atoms with Crippen molar-refractivity contribution in [2.75, 3.05) is 5.73 Å². The monoisotopic (exact) mass is 367 g/mol. The second kappa shape index (κ2) is 7.43. The molecule has 4 N–H and O–H groups in total. The van der Waals surface area contributed by atoms with Gasteiger partial charge in [0, 0.05) is 16.8 Å². The van der Waals surface area contributed by atoms with Crippen molar-refractivity contribution in [2.24, 2.45) is 5.10 Å². The number of nitrogens with two attached hydrogens (primary N) is 1. The van der Waals surface area contributed by atoms with Crippen LogP contribution in [0.15, 0.2) is 41.5 Å². The van der Waals surface area contributed by atoms with Crippen molar-refractivity contribution in [3.05, 3.63) is 58.7 Å². The average molecular weight is 367 g/mol. The maximum absolute atomic E-state index is 12.2. The highest BCUT2D eigenvalue weighted by molar-refractivity contribution is 5.99. The second-order valence-corrected chi connectivity index (χ2v) is 8.75. The summed E-state index contributed by atoms with van der Waals surface area (Å²) in [6.45, 7) is 12.3. The fourth-order valence-electron chi connectivity index (χ4n) is 2.80. The number of hydrazone groups is 1. The first kappa shape index (κ1) is 20.5. The van der Waals surface area contributed by atoms with Crippen LogP contribution in [-0.2, 0) is 10.8 Å².